The lowest BCUT2D eigenvalue weighted by Gasteiger charge is -2.12. The van der Waals surface area contributed by atoms with Gasteiger partial charge in [0.15, 0.2) is 11.5 Å². The maximum atomic E-state index is 5.37. The van der Waals surface area contributed by atoms with Crippen LogP contribution < -0.4 is 20.1 Å². The summed E-state index contributed by atoms with van der Waals surface area (Å²) < 4.78 is 10.7. The normalized spacial score (nSPS) is 10.5. The smallest absolute Gasteiger partial charge is 0.224 e. The number of nitrogens with zero attached hydrogens (tertiary/aromatic N) is 2. The Morgan fingerprint density at radius 3 is 2.24 bits per heavy atom. The Bertz CT molecular complexity index is 968. The molecule has 152 valence electrons. The topological polar surface area (TPSA) is 68.3 Å². The van der Waals surface area contributed by atoms with E-state index in [-0.39, 0.29) is 0 Å². The van der Waals surface area contributed by atoms with E-state index in [1.54, 1.807) is 14.2 Å². The second kappa shape index (κ2) is 9.28. The summed E-state index contributed by atoms with van der Waals surface area (Å²) in [4.78, 5) is 9.10. The van der Waals surface area contributed by atoms with Gasteiger partial charge in [-0.25, -0.2) is 4.98 Å². The first-order valence-electron chi connectivity index (χ1n) is 9.62. The van der Waals surface area contributed by atoms with Crippen molar-refractivity contribution in [2.75, 3.05) is 31.4 Å². The number of methoxy groups -OCH3 is 2. The Morgan fingerprint density at radius 1 is 0.828 bits per heavy atom. The van der Waals surface area contributed by atoms with Crippen LogP contribution in [0.2, 0.25) is 0 Å². The summed E-state index contributed by atoms with van der Waals surface area (Å²) in [5, 5.41) is 6.70. The van der Waals surface area contributed by atoms with Crippen LogP contribution in [0.3, 0.4) is 0 Å². The third-order valence-electron chi connectivity index (χ3n) is 4.49. The van der Waals surface area contributed by atoms with Crippen molar-refractivity contribution in [1.29, 1.82) is 0 Å². The summed E-state index contributed by atoms with van der Waals surface area (Å²) >= 11 is 0. The van der Waals surface area contributed by atoms with Gasteiger partial charge in [-0.15, -0.1) is 0 Å². The van der Waals surface area contributed by atoms with Crippen molar-refractivity contribution in [3.05, 3.63) is 64.8 Å². The number of benzene rings is 2. The average Bonchev–Trinajstić information content (AvgIpc) is 2.66. The Hall–Kier alpha value is -3.28. The lowest BCUT2D eigenvalue weighted by atomic mass is 10.1. The molecule has 6 heteroatoms. The van der Waals surface area contributed by atoms with Crippen molar-refractivity contribution < 1.29 is 9.47 Å². The molecule has 2 aromatic carbocycles. The molecule has 6 nitrogen and oxygen atoms in total. The van der Waals surface area contributed by atoms with Crippen molar-refractivity contribution in [3.63, 3.8) is 0 Å². The highest BCUT2D eigenvalue weighted by atomic mass is 16.5. The highest BCUT2D eigenvalue weighted by Gasteiger charge is 2.06. The Morgan fingerprint density at radius 2 is 1.55 bits per heavy atom. The highest BCUT2D eigenvalue weighted by molar-refractivity contribution is 5.59. The van der Waals surface area contributed by atoms with E-state index in [4.69, 9.17) is 9.47 Å². The van der Waals surface area contributed by atoms with Crippen LogP contribution in [0.1, 0.15) is 22.4 Å². The van der Waals surface area contributed by atoms with Gasteiger partial charge in [0.2, 0.25) is 5.95 Å². The lowest BCUT2D eigenvalue weighted by Crippen LogP contribution is -2.10. The summed E-state index contributed by atoms with van der Waals surface area (Å²) in [7, 11) is 3.28. The molecule has 0 atom stereocenters. The number of rotatable bonds is 8. The number of nitrogens with one attached hydrogen (secondary N) is 2. The first-order chi connectivity index (χ1) is 14.0. The van der Waals surface area contributed by atoms with E-state index >= 15 is 0 Å². The second-order valence-corrected chi connectivity index (χ2v) is 7.09. The van der Waals surface area contributed by atoms with Gasteiger partial charge < -0.3 is 20.1 Å². The van der Waals surface area contributed by atoms with Crippen LogP contribution in [0.5, 0.6) is 11.5 Å². The van der Waals surface area contributed by atoms with Gasteiger partial charge in [0.1, 0.15) is 5.82 Å². The molecule has 0 spiro atoms. The van der Waals surface area contributed by atoms with Crippen molar-refractivity contribution in [2.24, 2.45) is 0 Å². The van der Waals surface area contributed by atoms with Crippen molar-refractivity contribution >= 4 is 17.5 Å². The van der Waals surface area contributed by atoms with Crippen LogP contribution in [-0.4, -0.2) is 30.7 Å². The molecule has 3 rings (SSSR count). The second-order valence-electron chi connectivity index (χ2n) is 7.09. The number of aromatic nitrogens is 2. The number of aryl methyl sites for hydroxylation is 3. The van der Waals surface area contributed by atoms with E-state index in [9.17, 15) is 0 Å². The lowest BCUT2D eigenvalue weighted by molar-refractivity contribution is 0.354. The predicted octanol–water partition coefficient (Wildman–Crippen LogP) is 4.82. The molecule has 0 fully saturated rings. The highest BCUT2D eigenvalue weighted by Crippen LogP contribution is 2.27. The minimum absolute atomic E-state index is 0.609. The van der Waals surface area contributed by atoms with Crippen LogP contribution in [0.15, 0.2) is 42.5 Å². The number of ether oxygens (including phenoxy) is 2. The fourth-order valence-corrected chi connectivity index (χ4v) is 3.26. The van der Waals surface area contributed by atoms with Gasteiger partial charge >= 0.3 is 0 Å². The van der Waals surface area contributed by atoms with Gasteiger partial charge in [0.25, 0.3) is 0 Å². The summed E-state index contributed by atoms with van der Waals surface area (Å²) in [5.74, 6) is 2.85. The molecule has 1 aromatic heterocycles. The van der Waals surface area contributed by atoms with Crippen LogP contribution in [0.25, 0.3) is 0 Å². The zero-order chi connectivity index (χ0) is 20.8. The summed E-state index contributed by atoms with van der Waals surface area (Å²) in [6.07, 6.45) is 0.817. The van der Waals surface area contributed by atoms with Crippen molar-refractivity contribution in [2.45, 2.75) is 27.2 Å². The van der Waals surface area contributed by atoms with Crippen LogP contribution in [0.4, 0.5) is 17.5 Å². The van der Waals surface area contributed by atoms with E-state index in [1.807, 2.05) is 31.2 Å². The third-order valence-corrected chi connectivity index (χ3v) is 4.49. The molecule has 1 heterocycles. The average molecular weight is 393 g/mol. The zero-order valence-corrected chi connectivity index (χ0v) is 17.7. The monoisotopic (exact) mass is 392 g/mol. The molecule has 29 heavy (non-hydrogen) atoms. The largest absolute Gasteiger partial charge is 0.493 e. The molecule has 0 saturated heterocycles. The molecule has 2 N–H and O–H groups in total. The standard InChI is InChI=1S/C23H28N4O2/c1-15-10-16(2)12-19(11-15)26-22-13-17(3)25-23(27-22)24-9-8-18-6-7-20(28-4)21(14-18)29-5/h6-7,10-14H,8-9H2,1-5H3,(H2,24,25,26,27). The Labute approximate surface area is 172 Å². The van der Waals surface area contributed by atoms with Gasteiger partial charge in [-0.2, -0.15) is 4.98 Å². The molecule has 0 aliphatic heterocycles. The number of anilines is 3. The van der Waals surface area contributed by atoms with Crippen molar-refractivity contribution in [1.82, 2.24) is 9.97 Å². The van der Waals surface area contributed by atoms with Gasteiger partial charge in [0.05, 0.1) is 14.2 Å². The molecular weight excluding hydrogens is 364 g/mol. The predicted molar refractivity (Wildman–Crippen MR) is 118 cm³/mol. The van der Waals surface area contributed by atoms with E-state index in [0.29, 0.717) is 12.5 Å². The quantitative estimate of drug-likeness (QED) is 0.573. The summed E-state index contributed by atoms with van der Waals surface area (Å²) in [6.45, 7) is 6.85. The molecule has 0 radical (unpaired) electrons. The molecule has 0 amide bonds. The van der Waals surface area contributed by atoms with Crippen LogP contribution >= 0.6 is 0 Å². The van der Waals surface area contributed by atoms with Crippen LogP contribution in [0, 0.1) is 20.8 Å². The molecule has 0 unspecified atom stereocenters. The van der Waals surface area contributed by atoms with E-state index in [1.165, 1.54) is 11.1 Å². The summed E-state index contributed by atoms with van der Waals surface area (Å²) in [6, 6.07) is 14.2. The molecular formula is C23H28N4O2. The first-order valence-corrected chi connectivity index (χ1v) is 9.62. The minimum atomic E-state index is 0.609. The first kappa shape index (κ1) is 20.5. The molecule has 0 aliphatic rings. The molecule has 0 saturated carbocycles. The van der Waals surface area contributed by atoms with Crippen molar-refractivity contribution in [3.8, 4) is 11.5 Å². The van der Waals surface area contributed by atoms with E-state index in [0.717, 1.165) is 40.7 Å². The summed E-state index contributed by atoms with van der Waals surface area (Å²) in [5.41, 5.74) is 5.51. The zero-order valence-electron chi connectivity index (χ0n) is 17.7. The molecule has 3 aromatic rings. The van der Waals surface area contributed by atoms with E-state index < -0.39 is 0 Å². The molecule has 0 aliphatic carbocycles. The minimum Gasteiger partial charge on any atom is -0.493 e. The number of hydrogen-bond acceptors (Lipinski definition) is 6. The van der Waals surface area contributed by atoms with Gasteiger partial charge in [0, 0.05) is 24.0 Å². The fourth-order valence-electron chi connectivity index (χ4n) is 3.26. The maximum absolute atomic E-state index is 5.37. The maximum Gasteiger partial charge on any atom is 0.224 e. The van der Waals surface area contributed by atoms with Gasteiger partial charge in [-0.05, 0) is 68.1 Å². The Kier molecular flexibility index (Phi) is 6.54. The fraction of sp³-hybridized carbons (Fsp3) is 0.304. The Balaban J connectivity index is 1.65. The SMILES string of the molecule is COc1ccc(CCNc2nc(C)cc(Nc3cc(C)cc(C)c3)n2)cc1OC. The van der Waals surface area contributed by atoms with Gasteiger partial charge in [-0.3, -0.25) is 0 Å². The van der Waals surface area contributed by atoms with Gasteiger partial charge in [-0.1, -0.05) is 12.1 Å². The molecule has 0 bridgehead atoms. The van der Waals surface area contributed by atoms with Crippen LogP contribution in [-0.2, 0) is 6.42 Å². The van der Waals surface area contributed by atoms with E-state index in [2.05, 4.69) is 52.6 Å². The number of hydrogen-bond donors (Lipinski definition) is 2. The third kappa shape index (κ3) is 5.60.